The first-order chi connectivity index (χ1) is 7.38. The van der Waals surface area contributed by atoms with Gasteiger partial charge in [0.2, 0.25) is 0 Å². The molecule has 1 aromatic carbocycles. The summed E-state index contributed by atoms with van der Waals surface area (Å²) in [7, 11) is 0. The standard InChI is InChI=1S/C13H14N2/c14-8-10-7-11(10)13-6-5-9-3-1-2-4-12(9)15-13/h1-6,10-11H,7-8,14H2/t10-,11+/m0/s1. The Morgan fingerprint density at radius 1 is 1.20 bits per heavy atom. The summed E-state index contributed by atoms with van der Waals surface area (Å²) in [5.74, 6) is 1.28. The number of para-hydroxylation sites is 1. The van der Waals surface area contributed by atoms with E-state index in [-0.39, 0.29) is 0 Å². The average molecular weight is 198 g/mol. The molecule has 2 nitrogen and oxygen atoms in total. The van der Waals surface area contributed by atoms with Crippen molar-refractivity contribution in [2.45, 2.75) is 12.3 Å². The van der Waals surface area contributed by atoms with Gasteiger partial charge in [-0.1, -0.05) is 24.3 Å². The van der Waals surface area contributed by atoms with Gasteiger partial charge in [-0.15, -0.1) is 0 Å². The third-order valence-corrected chi connectivity index (χ3v) is 3.23. The van der Waals surface area contributed by atoms with Crippen LogP contribution in [-0.4, -0.2) is 11.5 Å². The quantitative estimate of drug-likeness (QED) is 0.804. The molecule has 3 rings (SSSR count). The van der Waals surface area contributed by atoms with Crippen LogP contribution in [0.15, 0.2) is 36.4 Å². The van der Waals surface area contributed by atoms with Crippen LogP contribution in [0.1, 0.15) is 18.0 Å². The SMILES string of the molecule is NC[C@@H]1C[C@H]1c1ccc2ccccc2n1. The zero-order valence-electron chi connectivity index (χ0n) is 8.56. The Balaban J connectivity index is 2.00. The molecule has 2 aromatic rings. The molecule has 0 bridgehead atoms. The van der Waals surface area contributed by atoms with Gasteiger partial charge < -0.3 is 5.73 Å². The molecule has 1 heterocycles. The van der Waals surface area contributed by atoms with Crippen LogP contribution in [0, 0.1) is 5.92 Å². The zero-order valence-corrected chi connectivity index (χ0v) is 8.56. The summed E-state index contributed by atoms with van der Waals surface area (Å²) in [6.07, 6.45) is 1.21. The summed E-state index contributed by atoms with van der Waals surface area (Å²) in [6.45, 7) is 0.791. The van der Waals surface area contributed by atoms with Crippen LogP contribution in [0.2, 0.25) is 0 Å². The second-order valence-corrected chi connectivity index (χ2v) is 4.27. The highest BCUT2D eigenvalue weighted by molar-refractivity contribution is 5.78. The summed E-state index contributed by atoms with van der Waals surface area (Å²) in [4.78, 5) is 4.68. The number of aromatic nitrogens is 1. The van der Waals surface area contributed by atoms with Crippen molar-refractivity contribution in [3.63, 3.8) is 0 Å². The van der Waals surface area contributed by atoms with Gasteiger partial charge in [0.15, 0.2) is 0 Å². The first kappa shape index (κ1) is 8.86. The summed E-state index contributed by atoms with van der Waals surface area (Å²) < 4.78 is 0. The van der Waals surface area contributed by atoms with E-state index in [0.717, 1.165) is 12.1 Å². The zero-order chi connectivity index (χ0) is 10.3. The molecule has 1 aromatic heterocycles. The number of benzene rings is 1. The fraction of sp³-hybridized carbons (Fsp3) is 0.308. The van der Waals surface area contributed by atoms with Crippen LogP contribution in [-0.2, 0) is 0 Å². The van der Waals surface area contributed by atoms with Crippen molar-refractivity contribution in [2.75, 3.05) is 6.54 Å². The van der Waals surface area contributed by atoms with Gasteiger partial charge >= 0.3 is 0 Å². The molecular formula is C13H14N2. The lowest BCUT2D eigenvalue weighted by molar-refractivity contribution is 0.799. The van der Waals surface area contributed by atoms with Crippen LogP contribution < -0.4 is 5.73 Å². The number of nitrogens with two attached hydrogens (primary N) is 1. The van der Waals surface area contributed by atoms with E-state index in [1.54, 1.807) is 0 Å². The summed E-state index contributed by atoms with van der Waals surface area (Å²) in [5.41, 5.74) is 7.95. The van der Waals surface area contributed by atoms with E-state index in [1.807, 2.05) is 12.1 Å². The van der Waals surface area contributed by atoms with Gasteiger partial charge in [-0.2, -0.15) is 0 Å². The van der Waals surface area contributed by atoms with Crippen LogP contribution in [0.5, 0.6) is 0 Å². The minimum absolute atomic E-state index is 0.611. The third kappa shape index (κ3) is 1.51. The molecule has 2 heteroatoms. The fourth-order valence-electron chi connectivity index (χ4n) is 2.16. The number of fused-ring (bicyclic) bond motifs is 1. The predicted octanol–water partition coefficient (Wildman–Crippen LogP) is 2.30. The van der Waals surface area contributed by atoms with Crippen molar-refractivity contribution < 1.29 is 0 Å². The third-order valence-electron chi connectivity index (χ3n) is 3.23. The van der Waals surface area contributed by atoms with Crippen molar-refractivity contribution in [3.05, 3.63) is 42.1 Å². The van der Waals surface area contributed by atoms with Gasteiger partial charge in [-0.05, 0) is 31.0 Å². The van der Waals surface area contributed by atoms with E-state index < -0.39 is 0 Å². The number of rotatable bonds is 2. The maximum absolute atomic E-state index is 5.65. The molecule has 0 spiro atoms. The number of nitrogens with zero attached hydrogens (tertiary/aromatic N) is 1. The number of pyridine rings is 1. The second-order valence-electron chi connectivity index (χ2n) is 4.27. The van der Waals surface area contributed by atoms with Crippen molar-refractivity contribution >= 4 is 10.9 Å². The normalized spacial score (nSPS) is 24.3. The van der Waals surface area contributed by atoms with Gasteiger partial charge in [0.1, 0.15) is 0 Å². The van der Waals surface area contributed by atoms with Crippen molar-refractivity contribution in [1.29, 1.82) is 0 Å². The highest BCUT2D eigenvalue weighted by Crippen LogP contribution is 2.45. The van der Waals surface area contributed by atoms with E-state index in [9.17, 15) is 0 Å². The Morgan fingerprint density at radius 3 is 2.87 bits per heavy atom. The Kier molecular flexibility index (Phi) is 1.96. The summed E-state index contributed by atoms with van der Waals surface area (Å²) >= 11 is 0. The summed E-state index contributed by atoms with van der Waals surface area (Å²) in [6, 6.07) is 12.5. The first-order valence-electron chi connectivity index (χ1n) is 5.44. The van der Waals surface area contributed by atoms with E-state index in [1.165, 1.54) is 17.5 Å². The number of hydrogen-bond acceptors (Lipinski definition) is 2. The Labute approximate surface area is 89.1 Å². The van der Waals surface area contributed by atoms with Crippen LogP contribution in [0.25, 0.3) is 10.9 Å². The molecule has 0 radical (unpaired) electrons. The highest BCUT2D eigenvalue weighted by atomic mass is 14.7. The number of hydrogen-bond donors (Lipinski definition) is 1. The average Bonchev–Trinajstić information content (AvgIpc) is 3.08. The molecule has 1 fully saturated rings. The van der Waals surface area contributed by atoms with Crippen molar-refractivity contribution in [2.24, 2.45) is 11.7 Å². The lowest BCUT2D eigenvalue weighted by atomic mass is 10.1. The van der Waals surface area contributed by atoms with Crippen LogP contribution >= 0.6 is 0 Å². The smallest absolute Gasteiger partial charge is 0.0705 e. The maximum Gasteiger partial charge on any atom is 0.0705 e. The molecule has 1 aliphatic rings. The molecule has 1 aliphatic carbocycles. The molecule has 0 saturated heterocycles. The molecule has 0 aliphatic heterocycles. The van der Waals surface area contributed by atoms with Gasteiger partial charge in [0, 0.05) is 17.0 Å². The van der Waals surface area contributed by atoms with E-state index in [4.69, 9.17) is 5.73 Å². The van der Waals surface area contributed by atoms with E-state index in [0.29, 0.717) is 11.8 Å². The minimum Gasteiger partial charge on any atom is -0.330 e. The van der Waals surface area contributed by atoms with Crippen molar-refractivity contribution in [3.8, 4) is 0 Å². The van der Waals surface area contributed by atoms with Crippen LogP contribution in [0.4, 0.5) is 0 Å². The van der Waals surface area contributed by atoms with Crippen LogP contribution in [0.3, 0.4) is 0 Å². The monoisotopic (exact) mass is 198 g/mol. The van der Waals surface area contributed by atoms with Crippen molar-refractivity contribution in [1.82, 2.24) is 4.98 Å². The second kappa shape index (κ2) is 3.31. The molecule has 76 valence electrons. The Hall–Kier alpha value is -1.41. The van der Waals surface area contributed by atoms with E-state index in [2.05, 4.69) is 29.2 Å². The lowest BCUT2D eigenvalue weighted by Crippen LogP contribution is -2.02. The maximum atomic E-state index is 5.65. The molecule has 0 unspecified atom stereocenters. The molecule has 2 atom stereocenters. The van der Waals surface area contributed by atoms with Gasteiger partial charge in [-0.25, -0.2) is 0 Å². The molecule has 0 amide bonds. The molecule has 2 N–H and O–H groups in total. The largest absolute Gasteiger partial charge is 0.330 e. The fourth-order valence-corrected chi connectivity index (χ4v) is 2.16. The van der Waals surface area contributed by atoms with Gasteiger partial charge in [0.25, 0.3) is 0 Å². The van der Waals surface area contributed by atoms with E-state index >= 15 is 0 Å². The lowest BCUT2D eigenvalue weighted by Gasteiger charge is -2.01. The summed E-state index contributed by atoms with van der Waals surface area (Å²) in [5, 5.41) is 1.21. The Morgan fingerprint density at radius 2 is 2.07 bits per heavy atom. The Bertz CT molecular complexity index is 493. The highest BCUT2D eigenvalue weighted by Gasteiger charge is 2.37. The molecule has 15 heavy (non-hydrogen) atoms. The molecule has 1 saturated carbocycles. The minimum atomic E-state index is 0.611. The predicted molar refractivity (Wildman–Crippen MR) is 61.6 cm³/mol. The topological polar surface area (TPSA) is 38.9 Å². The van der Waals surface area contributed by atoms with Gasteiger partial charge in [0.05, 0.1) is 5.52 Å². The molecular weight excluding hydrogens is 184 g/mol. The first-order valence-corrected chi connectivity index (χ1v) is 5.44. The van der Waals surface area contributed by atoms with Gasteiger partial charge in [-0.3, -0.25) is 4.98 Å².